The van der Waals surface area contributed by atoms with Crippen molar-refractivity contribution in [2.24, 2.45) is 11.1 Å². The Morgan fingerprint density at radius 3 is 2.48 bits per heavy atom. The van der Waals surface area contributed by atoms with Crippen molar-refractivity contribution in [2.75, 3.05) is 30.9 Å². The van der Waals surface area contributed by atoms with Crippen LogP contribution >= 0.6 is 0 Å². The molecule has 0 bridgehead atoms. The van der Waals surface area contributed by atoms with Crippen LogP contribution in [0.4, 0.5) is 11.4 Å². The number of amides is 1. The summed E-state index contributed by atoms with van der Waals surface area (Å²) in [6, 6.07) is 6.06. The molecule has 4 heteroatoms. The van der Waals surface area contributed by atoms with E-state index in [1.165, 1.54) is 0 Å². The fourth-order valence-electron chi connectivity index (χ4n) is 2.25. The molecule has 1 amide bonds. The third-order valence-electron chi connectivity index (χ3n) is 3.85. The number of anilines is 2. The van der Waals surface area contributed by atoms with Gasteiger partial charge in [0.05, 0.1) is 0 Å². The molecule has 1 aromatic rings. The molecule has 0 aliphatic rings. The third kappa shape index (κ3) is 5.76. The van der Waals surface area contributed by atoms with Crippen molar-refractivity contribution in [3.05, 3.63) is 23.8 Å². The Bertz CT molecular complexity index is 481. The fourth-order valence-corrected chi connectivity index (χ4v) is 2.25. The van der Waals surface area contributed by atoms with Crippen molar-refractivity contribution in [2.45, 2.75) is 40.0 Å². The van der Waals surface area contributed by atoms with E-state index in [0.717, 1.165) is 29.8 Å². The van der Waals surface area contributed by atoms with Crippen LogP contribution in [-0.2, 0) is 4.79 Å². The van der Waals surface area contributed by atoms with E-state index in [4.69, 9.17) is 5.73 Å². The maximum atomic E-state index is 12.1. The van der Waals surface area contributed by atoms with Crippen molar-refractivity contribution >= 4 is 17.3 Å². The number of carbonyl (C=O) groups excluding carboxylic acids is 1. The van der Waals surface area contributed by atoms with Crippen LogP contribution in [0.2, 0.25) is 0 Å². The highest BCUT2D eigenvalue weighted by molar-refractivity contribution is 5.91. The molecule has 4 nitrogen and oxygen atoms in total. The van der Waals surface area contributed by atoms with E-state index in [-0.39, 0.29) is 11.3 Å². The van der Waals surface area contributed by atoms with Gasteiger partial charge in [0.2, 0.25) is 5.91 Å². The molecule has 0 fully saturated rings. The van der Waals surface area contributed by atoms with Gasteiger partial charge in [0.1, 0.15) is 0 Å². The summed E-state index contributed by atoms with van der Waals surface area (Å²) in [7, 11) is 4.01. The van der Waals surface area contributed by atoms with Crippen molar-refractivity contribution in [3.8, 4) is 0 Å². The van der Waals surface area contributed by atoms with Crippen LogP contribution in [-0.4, -0.2) is 26.5 Å². The second kappa shape index (κ2) is 7.46. The molecule has 0 unspecified atom stereocenters. The molecule has 0 saturated heterocycles. The van der Waals surface area contributed by atoms with Gasteiger partial charge in [-0.05, 0) is 55.5 Å². The Morgan fingerprint density at radius 2 is 1.95 bits per heavy atom. The van der Waals surface area contributed by atoms with Gasteiger partial charge in [-0.2, -0.15) is 0 Å². The van der Waals surface area contributed by atoms with Crippen LogP contribution in [0.5, 0.6) is 0 Å². The highest BCUT2D eigenvalue weighted by Crippen LogP contribution is 2.27. The lowest BCUT2D eigenvalue weighted by atomic mass is 9.84. The zero-order valence-electron chi connectivity index (χ0n) is 14.0. The molecule has 0 aromatic heterocycles. The maximum absolute atomic E-state index is 12.1. The van der Waals surface area contributed by atoms with Gasteiger partial charge in [-0.3, -0.25) is 4.79 Å². The molecule has 0 atom stereocenters. The van der Waals surface area contributed by atoms with E-state index >= 15 is 0 Å². The van der Waals surface area contributed by atoms with Crippen LogP contribution in [0.25, 0.3) is 0 Å². The van der Waals surface area contributed by atoms with E-state index in [2.05, 4.69) is 25.2 Å². The lowest BCUT2D eigenvalue weighted by molar-refractivity contribution is -0.116. The summed E-state index contributed by atoms with van der Waals surface area (Å²) in [5.41, 5.74) is 8.82. The largest absolute Gasteiger partial charge is 0.378 e. The number of nitrogens with one attached hydrogen (secondary N) is 1. The first-order valence-corrected chi connectivity index (χ1v) is 7.53. The van der Waals surface area contributed by atoms with Gasteiger partial charge in [0, 0.05) is 31.9 Å². The first-order chi connectivity index (χ1) is 9.75. The van der Waals surface area contributed by atoms with Crippen LogP contribution in [0, 0.1) is 12.3 Å². The van der Waals surface area contributed by atoms with Crippen molar-refractivity contribution in [1.82, 2.24) is 0 Å². The molecule has 0 aliphatic carbocycles. The molecule has 1 rings (SSSR count). The van der Waals surface area contributed by atoms with Gasteiger partial charge in [-0.25, -0.2) is 0 Å². The first kappa shape index (κ1) is 17.5. The molecule has 0 radical (unpaired) electrons. The lowest BCUT2D eigenvalue weighted by Gasteiger charge is -2.23. The topological polar surface area (TPSA) is 58.4 Å². The quantitative estimate of drug-likeness (QED) is 0.811. The van der Waals surface area contributed by atoms with Gasteiger partial charge in [-0.15, -0.1) is 0 Å². The molecule has 21 heavy (non-hydrogen) atoms. The minimum Gasteiger partial charge on any atom is -0.378 e. The highest BCUT2D eigenvalue weighted by atomic mass is 16.1. The number of aryl methyl sites for hydroxylation is 1. The molecule has 3 N–H and O–H groups in total. The second-order valence-corrected chi connectivity index (χ2v) is 6.64. The molecular formula is C17H29N3O. The van der Waals surface area contributed by atoms with E-state index in [1.807, 2.05) is 38.1 Å². The monoisotopic (exact) mass is 291 g/mol. The first-order valence-electron chi connectivity index (χ1n) is 7.53. The molecular weight excluding hydrogens is 262 g/mol. The van der Waals surface area contributed by atoms with Crippen LogP contribution in [0.3, 0.4) is 0 Å². The zero-order chi connectivity index (χ0) is 16.0. The standard InChI is InChI=1S/C17H29N3O/c1-13-12-14(20(4)5)6-7-15(13)19-16(21)8-9-17(2,3)10-11-18/h6-7,12H,8-11,18H2,1-5H3,(H,19,21). The van der Waals surface area contributed by atoms with Gasteiger partial charge < -0.3 is 16.0 Å². The Morgan fingerprint density at radius 1 is 1.29 bits per heavy atom. The Balaban J connectivity index is 2.59. The average molecular weight is 291 g/mol. The predicted octanol–water partition coefficient (Wildman–Crippen LogP) is 3.15. The van der Waals surface area contributed by atoms with Gasteiger partial charge in [0.25, 0.3) is 0 Å². The van der Waals surface area contributed by atoms with Crippen LogP contribution < -0.4 is 16.0 Å². The summed E-state index contributed by atoms with van der Waals surface area (Å²) < 4.78 is 0. The van der Waals surface area contributed by atoms with E-state index in [1.54, 1.807) is 0 Å². The lowest BCUT2D eigenvalue weighted by Crippen LogP contribution is -2.21. The van der Waals surface area contributed by atoms with Crippen molar-refractivity contribution < 1.29 is 4.79 Å². The smallest absolute Gasteiger partial charge is 0.224 e. The van der Waals surface area contributed by atoms with E-state index < -0.39 is 0 Å². The summed E-state index contributed by atoms with van der Waals surface area (Å²) >= 11 is 0. The molecule has 0 aliphatic heterocycles. The number of carbonyl (C=O) groups is 1. The van der Waals surface area contributed by atoms with Crippen LogP contribution in [0.15, 0.2) is 18.2 Å². The molecule has 0 spiro atoms. The van der Waals surface area contributed by atoms with Gasteiger partial charge >= 0.3 is 0 Å². The second-order valence-electron chi connectivity index (χ2n) is 6.64. The Kier molecular flexibility index (Phi) is 6.21. The maximum Gasteiger partial charge on any atom is 0.224 e. The summed E-state index contributed by atoms with van der Waals surface area (Å²) in [4.78, 5) is 14.1. The summed E-state index contributed by atoms with van der Waals surface area (Å²) in [5, 5.41) is 3.00. The van der Waals surface area contributed by atoms with E-state index in [0.29, 0.717) is 13.0 Å². The third-order valence-corrected chi connectivity index (χ3v) is 3.85. The number of nitrogens with two attached hydrogens (primary N) is 1. The zero-order valence-corrected chi connectivity index (χ0v) is 14.0. The number of rotatable bonds is 7. The average Bonchev–Trinajstić information content (AvgIpc) is 2.38. The summed E-state index contributed by atoms with van der Waals surface area (Å²) in [5.74, 6) is 0.0702. The number of hydrogen-bond donors (Lipinski definition) is 2. The minimum absolute atomic E-state index is 0.0702. The van der Waals surface area contributed by atoms with Crippen molar-refractivity contribution in [1.29, 1.82) is 0 Å². The summed E-state index contributed by atoms with van der Waals surface area (Å²) in [6.45, 7) is 7.00. The fraction of sp³-hybridized carbons (Fsp3) is 0.588. The molecule has 1 aromatic carbocycles. The summed E-state index contributed by atoms with van der Waals surface area (Å²) in [6.07, 6.45) is 2.32. The number of benzene rings is 1. The molecule has 118 valence electrons. The van der Waals surface area contributed by atoms with Gasteiger partial charge in [-0.1, -0.05) is 13.8 Å². The highest BCUT2D eigenvalue weighted by Gasteiger charge is 2.18. The van der Waals surface area contributed by atoms with E-state index in [9.17, 15) is 4.79 Å². The SMILES string of the molecule is Cc1cc(N(C)C)ccc1NC(=O)CCC(C)(C)CCN. The van der Waals surface area contributed by atoms with Gasteiger partial charge in [0.15, 0.2) is 0 Å². The van der Waals surface area contributed by atoms with Crippen LogP contribution in [0.1, 0.15) is 38.7 Å². The van der Waals surface area contributed by atoms with Crippen molar-refractivity contribution in [3.63, 3.8) is 0 Å². The molecule has 0 saturated carbocycles. The normalized spacial score (nSPS) is 11.3. The predicted molar refractivity (Wildman–Crippen MR) is 90.8 cm³/mol. The number of nitrogens with zero attached hydrogens (tertiary/aromatic N) is 1. The Hall–Kier alpha value is -1.55. The minimum atomic E-state index is 0.0702. The Labute approximate surface area is 128 Å². The number of hydrogen-bond acceptors (Lipinski definition) is 3. The molecule has 0 heterocycles.